The van der Waals surface area contributed by atoms with Crippen molar-refractivity contribution >= 4 is 56.5 Å². The van der Waals surface area contributed by atoms with Gasteiger partial charge in [-0.15, -0.1) is 11.3 Å². The van der Waals surface area contributed by atoms with E-state index in [1.54, 1.807) is 22.0 Å². The summed E-state index contributed by atoms with van der Waals surface area (Å²) in [5.41, 5.74) is 3.91. The maximum atomic E-state index is 13.7. The van der Waals surface area contributed by atoms with Gasteiger partial charge in [0.2, 0.25) is 0 Å². The quantitative estimate of drug-likeness (QED) is 0.206. The molecule has 0 saturated carbocycles. The van der Waals surface area contributed by atoms with Gasteiger partial charge in [-0.05, 0) is 61.2 Å². The van der Waals surface area contributed by atoms with Crippen LogP contribution >= 0.6 is 46.3 Å². The fraction of sp³-hybridized carbons (Fsp3) is 0.250. The number of nitrogens with zero attached hydrogens (tertiary/aromatic N) is 2. The minimum absolute atomic E-state index is 0.0172. The van der Waals surface area contributed by atoms with E-state index in [0.29, 0.717) is 21.0 Å². The molecule has 2 aromatic carbocycles. The fourth-order valence-electron chi connectivity index (χ4n) is 3.55. The summed E-state index contributed by atoms with van der Waals surface area (Å²) in [7, 11) is 0. The van der Waals surface area contributed by atoms with Crippen LogP contribution in [0.5, 0.6) is 0 Å². The molecule has 31 heavy (non-hydrogen) atoms. The molecule has 160 valence electrons. The number of fused-ring (bicyclic) bond motifs is 1. The smallest absolute Gasteiger partial charge is 0.267 e. The van der Waals surface area contributed by atoms with Crippen molar-refractivity contribution in [2.75, 3.05) is 0 Å². The summed E-state index contributed by atoms with van der Waals surface area (Å²) in [5, 5.41) is 2.61. The summed E-state index contributed by atoms with van der Waals surface area (Å²) in [6.45, 7) is 6.21. The maximum Gasteiger partial charge on any atom is 0.267 e. The van der Waals surface area contributed by atoms with E-state index in [9.17, 15) is 4.79 Å². The average molecular weight is 489 g/mol. The summed E-state index contributed by atoms with van der Waals surface area (Å²) in [5.74, 6) is 0.589. The Morgan fingerprint density at radius 3 is 2.65 bits per heavy atom. The largest absolute Gasteiger partial charge is 0.268 e. The van der Waals surface area contributed by atoms with Crippen molar-refractivity contribution in [1.29, 1.82) is 0 Å². The van der Waals surface area contributed by atoms with Crippen molar-refractivity contribution in [2.45, 2.75) is 44.5 Å². The first-order chi connectivity index (χ1) is 14.9. The maximum absolute atomic E-state index is 13.7. The molecule has 0 aliphatic rings. The molecule has 0 spiro atoms. The minimum Gasteiger partial charge on any atom is -0.268 e. The number of aryl methyl sites for hydroxylation is 3. The Kier molecular flexibility index (Phi) is 6.77. The average Bonchev–Trinajstić information content (AvgIpc) is 3.03. The van der Waals surface area contributed by atoms with Gasteiger partial charge in [0.05, 0.1) is 11.1 Å². The molecule has 0 N–H and O–H groups in total. The first-order valence-electron chi connectivity index (χ1n) is 10.1. The number of hydrogen-bond acceptors (Lipinski definition) is 4. The number of rotatable bonds is 6. The summed E-state index contributed by atoms with van der Waals surface area (Å²) in [6.07, 6.45) is 2.00. The van der Waals surface area contributed by atoms with Gasteiger partial charge in [-0.2, -0.15) is 0 Å². The van der Waals surface area contributed by atoms with Crippen LogP contribution in [-0.4, -0.2) is 9.55 Å². The first kappa shape index (κ1) is 22.4. The van der Waals surface area contributed by atoms with Crippen LogP contribution in [0.3, 0.4) is 0 Å². The highest BCUT2D eigenvalue weighted by Gasteiger charge is 2.19. The lowest BCUT2D eigenvalue weighted by Gasteiger charge is -2.13. The molecule has 0 unspecified atom stereocenters. The van der Waals surface area contributed by atoms with E-state index >= 15 is 0 Å². The number of aromatic nitrogens is 2. The second kappa shape index (κ2) is 9.37. The summed E-state index contributed by atoms with van der Waals surface area (Å²) < 4.78 is 1.74. The highest BCUT2D eigenvalue weighted by Crippen LogP contribution is 2.33. The summed E-state index contributed by atoms with van der Waals surface area (Å²) in [6, 6.07) is 13.4. The van der Waals surface area contributed by atoms with Gasteiger partial charge in [0, 0.05) is 20.7 Å². The van der Waals surface area contributed by atoms with Gasteiger partial charge >= 0.3 is 0 Å². The molecule has 0 aliphatic heterocycles. The Bertz CT molecular complexity index is 1330. The number of thiophene rings is 1. The molecule has 2 aromatic heterocycles. The molecule has 0 amide bonds. The van der Waals surface area contributed by atoms with Crippen LogP contribution in [0.25, 0.3) is 15.9 Å². The number of hydrogen-bond donors (Lipinski definition) is 0. The Morgan fingerprint density at radius 2 is 1.94 bits per heavy atom. The number of benzene rings is 2. The molecule has 0 bridgehead atoms. The third kappa shape index (κ3) is 4.56. The molecular formula is C24H22Cl2N2OS2. The second-order valence-corrected chi connectivity index (χ2v) is 10.3. The lowest BCUT2D eigenvalue weighted by atomic mass is 10.1. The fourth-order valence-corrected chi connectivity index (χ4v) is 6.44. The predicted octanol–water partition coefficient (Wildman–Crippen LogP) is 7.62. The van der Waals surface area contributed by atoms with Gasteiger partial charge in [-0.3, -0.25) is 9.36 Å². The van der Waals surface area contributed by atoms with Gasteiger partial charge in [0.25, 0.3) is 5.56 Å². The van der Waals surface area contributed by atoms with Gasteiger partial charge in [-0.1, -0.05) is 66.5 Å². The van der Waals surface area contributed by atoms with Crippen molar-refractivity contribution in [2.24, 2.45) is 0 Å². The highest BCUT2D eigenvalue weighted by atomic mass is 35.5. The zero-order valence-electron chi connectivity index (χ0n) is 17.5. The van der Waals surface area contributed by atoms with Crippen LogP contribution in [-0.2, 0) is 12.2 Å². The van der Waals surface area contributed by atoms with Crippen LogP contribution in [0.1, 0.15) is 34.9 Å². The van der Waals surface area contributed by atoms with Gasteiger partial charge in [-0.25, -0.2) is 4.98 Å². The Hall–Kier alpha value is -1.79. The number of thioether (sulfide) groups is 1. The van der Waals surface area contributed by atoms with E-state index in [0.717, 1.165) is 45.4 Å². The lowest BCUT2D eigenvalue weighted by Crippen LogP contribution is -2.21. The van der Waals surface area contributed by atoms with E-state index in [1.807, 2.05) is 50.2 Å². The zero-order chi connectivity index (χ0) is 22.1. The summed E-state index contributed by atoms with van der Waals surface area (Å²) in [4.78, 5) is 20.7. The van der Waals surface area contributed by atoms with Gasteiger partial charge < -0.3 is 0 Å². The third-order valence-corrected chi connectivity index (χ3v) is 7.96. The molecule has 4 aromatic rings. The van der Waals surface area contributed by atoms with Crippen molar-refractivity contribution in [3.05, 3.63) is 84.4 Å². The Balaban J connectivity index is 1.87. The second-order valence-electron chi connectivity index (χ2n) is 7.48. The van der Waals surface area contributed by atoms with Crippen molar-refractivity contribution < 1.29 is 0 Å². The van der Waals surface area contributed by atoms with Crippen LogP contribution < -0.4 is 5.56 Å². The lowest BCUT2D eigenvalue weighted by molar-refractivity contribution is 0.820. The van der Waals surface area contributed by atoms with E-state index in [2.05, 4.69) is 6.92 Å². The van der Waals surface area contributed by atoms with Gasteiger partial charge in [0.15, 0.2) is 5.16 Å². The molecule has 0 atom stereocenters. The first-order valence-corrected chi connectivity index (χ1v) is 12.6. The number of halogens is 2. The van der Waals surface area contributed by atoms with E-state index in [4.69, 9.17) is 28.2 Å². The van der Waals surface area contributed by atoms with Crippen LogP contribution in [0, 0.1) is 13.8 Å². The monoisotopic (exact) mass is 488 g/mol. The summed E-state index contributed by atoms with van der Waals surface area (Å²) >= 11 is 15.5. The van der Waals surface area contributed by atoms with E-state index in [-0.39, 0.29) is 5.56 Å². The Morgan fingerprint density at radius 1 is 1.13 bits per heavy atom. The highest BCUT2D eigenvalue weighted by molar-refractivity contribution is 7.98. The molecular weight excluding hydrogens is 467 g/mol. The molecule has 2 heterocycles. The zero-order valence-corrected chi connectivity index (χ0v) is 20.7. The van der Waals surface area contributed by atoms with Crippen molar-refractivity contribution in [1.82, 2.24) is 9.55 Å². The standard InChI is InChI=1S/C24H22Cl2N2OS2/c1-4-6-20-15(3)21-22(31-20)27-24(30-13-16-9-10-17(25)12-19(16)26)28(23(21)29)18-8-5-7-14(2)11-18/h5,7-12H,4,6,13H2,1-3H3. The molecule has 4 rings (SSSR count). The van der Waals surface area contributed by atoms with Crippen molar-refractivity contribution in [3.8, 4) is 5.69 Å². The Labute approximate surface area is 200 Å². The van der Waals surface area contributed by atoms with E-state index < -0.39 is 0 Å². The van der Waals surface area contributed by atoms with Crippen LogP contribution in [0.2, 0.25) is 10.0 Å². The molecule has 0 radical (unpaired) electrons. The molecule has 0 aliphatic carbocycles. The normalized spacial score (nSPS) is 11.4. The SMILES string of the molecule is CCCc1sc2nc(SCc3ccc(Cl)cc3Cl)n(-c3cccc(C)c3)c(=O)c2c1C. The van der Waals surface area contributed by atoms with E-state index in [1.165, 1.54) is 16.6 Å². The third-order valence-electron chi connectivity index (χ3n) is 5.14. The van der Waals surface area contributed by atoms with Gasteiger partial charge in [0.1, 0.15) is 4.83 Å². The topological polar surface area (TPSA) is 34.9 Å². The predicted molar refractivity (Wildman–Crippen MR) is 135 cm³/mol. The van der Waals surface area contributed by atoms with Crippen LogP contribution in [0.15, 0.2) is 52.4 Å². The van der Waals surface area contributed by atoms with Crippen molar-refractivity contribution in [3.63, 3.8) is 0 Å². The molecule has 0 fully saturated rings. The minimum atomic E-state index is -0.0172. The molecule has 0 saturated heterocycles. The molecule has 3 nitrogen and oxygen atoms in total. The van der Waals surface area contributed by atoms with Crippen LogP contribution in [0.4, 0.5) is 0 Å². The molecule has 7 heteroatoms.